The lowest BCUT2D eigenvalue weighted by atomic mass is 9.98. The van der Waals surface area contributed by atoms with E-state index in [-0.39, 0.29) is 0 Å². The van der Waals surface area contributed by atoms with Gasteiger partial charge in [0.2, 0.25) is 0 Å². The molecule has 5 heteroatoms. The largest absolute Gasteiger partial charge is 0.310 e. The number of aromatic nitrogens is 4. The summed E-state index contributed by atoms with van der Waals surface area (Å²) in [5, 5.41) is 9.25. The number of fused-ring (bicyclic) bond motifs is 7. The minimum Gasteiger partial charge on any atom is -0.310 e. The van der Waals surface area contributed by atoms with Crippen LogP contribution in [0, 0.1) is 0 Å². The first-order valence-electron chi connectivity index (χ1n) is 20.9. The predicted octanol–water partition coefficient (Wildman–Crippen LogP) is 14.9. The maximum atomic E-state index is 5.31. The van der Waals surface area contributed by atoms with Crippen molar-refractivity contribution in [2.75, 3.05) is 4.90 Å². The molecule has 0 radical (unpaired) electrons. The van der Waals surface area contributed by atoms with Gasteiger partial charge in [-0.1, -0.05) is 158 Å². The number of para-hydroxylation sites is 2. The Hall–Kier alpha value is -8.41. The second kappa shape index (κ2) is 14.7. The van der Waals surface area contributed by atoms with Gasteiger partial charge < -0.3 is 9.47 Å². The molecule has 0 saturated heterocycles. The van der Waals surface area contributed by atoms with E-state index >= 15 is 0 Å². The van der Waals surface area contributed by atoms with Crippen molar-refractivity contribution in [3.63, 3.8) is 0 Å². The van der Waals surface area contributed by atoms with Crippen LogP contribution in [-0.2, 0) is 0 Å². The highest BCUT2D eigenvalue weighted by Gasteiger charge is 2.22. The average molecular weight is 792 g/mol. The van der Waals surface area contributed by atoms with E-state index in [0.29, 0.717) is 17.5 Å². The molecule has 0 aliphatic rings. The maximum Gasteiger partial charge on any atom is 0.164 e. The van der Waals surface area contributed by atoms with Crippen LogP contribution in [0.15, 0.2) is 224 Å². The van der Waals surface area contributed by atoms with E-state index in [9.17, 15) is 0 Å². The van der Waals surface area contributed by atoms with E-state index in [1.54, 1.807) is 0 Å². The molecule has 0 fully saturated rings. The Morgan fingerprint density at radius 3 is 1.61 bits per heavy atom. The van der Waals surface area contributed by atoms with E-state index in [1.165, 1.54) is 21.5 Å². The third kappa shape index (κ3) is 6.06. The number of hydrogen-bond donors (Lipinski definition) is 0. The highest BCUT2D eigenvalue weighted by molar-refractivity contribution is 6.24. The van der Waals surface area contributed by atoms with Crippen LogP contribution in [0.4, 0.5) is 17.1 Å². The van der Waals surface area contributed by atoms with E-state index in [1.807, 2.05) is 18.2 Å². The molecule has 0 spiro atoms. The van der Waals surface area contributed by atoms with E-state index in [2.05, 4.69) is 216 Å². The lowest BCUT2D eigenvalue weighted by molar-refractivity contribution is 1.08. The van der Waals surface area contributed by atoms with Gasteiger partial charge >= 0.3 is 0 Å². The molecule has 0 bridgehead atoms. The summed E-state index contributed by atoms with van der Waals surface area (Å²) in [6.07, 6.45) is 0. The van der Waals surface area contributed by atoms with Crippen LogP contribution in [0.2, 0.25) is 0 Å². The van der Waals surface area contributed by atoms with Gasteiger partial charge in [0.1, 0.15) is 0 Å². The number of hydrogen-bond acceptors (Lipinski definition) is 4. The summed E-state index contributed by atoms with van der Waals surface area (Å²) in [4.78, 5) is 18.0. The zero-order valence-electron chi connectivity index (χ0n) is 33.6. The molecule has 12 rings (SSSR count). The first-order chi connectivity index (χ1) is 30.7. The standard InChI is InChI=1S/C57H37N5/c1-4-18-40(19-5-1)55-58-56(43-29-28-38-16-10-12-20-41(38)34-43)60-57(59-55)50-37-53-54(49-27-15-14-26-48(49)50)51-36-47(32-33-52(51)62(53)45-24-8-3-9-25-45)61(44-22-6-2-7-23-44)46-31-30-39-17-11-13-21-42(39)35-46/h1-37H. The number of benzene rings is 10. The van der Waals surface area contributed by atoms with E-state index in [0.717, 1.165) is 72.0 Å². The minimum absolute atomic E-state index is 0.622. The van der Waals surface area contributed by atoms with Crippen molar-refractivity contribution < 1.29 is 0 Å². The molecule has 2 aromatic heterocycles. The Labute approximate surface area is 358 Å². The molecule has 0 unspecified atom stereocenters. The first kappa shape index (κ1) is 35.5. The van der Waals surface area contributed by atoms with Crippen molar-refractivity contribution in [2.45, 2.75) is 0 Å². The molecule has 12 aromatic rings. The van der Waals surface area contributed by atoms with Gasteiger partial charge in [0.25, 0.3) is 0 Å². The molecule has 0 aliphatic heterocycles. The number of nitrogens with zero attached hydrogens (tertiary/aromatic N) is 5. The quantitative estimate of drug-likeness (QED) is 0.161. The molecule has 0 atom stereocenters. The second-order valence-electron chi connectivity index (χ2n) is 15.7. The maximum absolute atomic E-state index is 5.31. The molecule has 2 heterocycles. The molecule has 290 valence electrons. The van der Waals surface area contributed by atoms with Crippen LogP contribution in [0.3, 0.4) is 0 Å². The monoisotopic (exact) mass is 791 g/mol. The molecule has 0 amide bonds. The van der Waals surface area contributed by atoms with Crippen LogP contribution in [0.25, 0.3) is 94.0 Å². The zero-order valence-corrected chi connectivity index (χ0v) is 33.6. The lowest BCUT2D eigenvalue weighted by Gasteiger charge is -2.26. The van der Waals surface area contributed by atoms with Crippen molar-refractivity contribution in [2.24, 2.45) is 0 Å². The fraction of sp³-hybridized carbons (Fsp3) is 0. The van der Waals surface area contributed by atoms with Gasteiger partial charge in [0.05, 0.1) is 11.0 Å². The zero-order chi connectivity index (χ0) is 41.0. The topological polar surface area (TPSA) is 46.8 Å². The van der Waals surface area contributed by atoms with Crippen molar-refractivity contribution in [1.29, 1.82) is 0 Å². The van der Waals surface area contributed by atoms with Crippen LogP contribution in [0.1, 0.15) is 0 Å². The SMILES string of the molecule is c1ccc(-c2nc(-c3ccc4ccccc4c3)nc(-c3cc4c(c5ccccc35)c3cc(N(c5ccccc5)c5ccc6ccccc6c5)ccc3n4-c3ccccc3)n2)cc1. The first-order valence-corrected chi connectivity index (χ1v) is 20.9. The lowest BCUT2D eigenvalue weighted by Crippen LogP contribution is -2.09. The predicted molar refractivity (Wildman–Crippen MR) is 258 cm³/mol. The summed E-state index contributed by atoms with van der Waals surface area (Å²) >= 11 is 0. The van der Waals surface area contributed by atoms with Gasteiger partial charge in [-0.25, -0.2) is 15.0 Å². The summed E-state index contributed by atoms with van der Waals surface area (Å²) in [6, 6.07) is 79.4. The smallest absolute Gasteiger partial charge is 0.164 e. The van der Waals surface area contributed by atoms with Gasteiger partial charge in [0.15, 0.2) is 17.5 Å². The van der Waals surface area contributed by atoms with Crippen molar-refractivity contribution >= 4 is 71.2 Å². The summed E-state index contributed by atoms with van der Waals surface area (Å²) in [5.41, 5.74) is 9.34. The van der Waals surface area contributed by atoms with Crippen molar-refractivity contribution in [3.05, 3.63) is 224 Å². The van der Waals surface area contributed by atoms with Crippen LogP contribution in [0.5, 0.6) is 0 Å². The Morgan fingerprint density at radius 2 is 0.871 bits per heavy atom. The van der Waals surface area contributed by atoms with Gasteiger partial charge in [0, 0.05) is 50.2 Å². The highest BCUT2D eigenvalue weighted by atomic mass is 15.1. The normalized spacial score (nSPS) is 11.5. The second-order valence-corrected chi connectivity index (χ2v) is 15.7. The fourth-order valence-corrected chi connectivity index (χ4v) is 9.06. The average Bonchev–Trinajstić information content (AvgIpc) is 3.68. The van der Waals surface area contributed by atoms with Crippen molar-refractivity contribution in [3.8, 4) is 39.9 Å². The Balaban J connectivity index is 1.13. The number of rotatable bonds is 7. The highest BCUT2D eigenvalue weighted by Crippen LogP contribution is 2.44. The molecule has 10 aromatic carbocycles. The summed E-state index contributed by atoms with van der Waals surface area (Å²) in [6.45, 7) is 0. The van der Waals surface area contributed by atoms with E-state index < -0.39 is 0 Å². The van der Waals surface area contributed by atoms with Crippen LogP contribution >= 0.6 is 0 Å². The molecule has 0 saturated carbocycles. The molecular formula is C57H37N5. The van der Waals surface area contributed by atoms with Gasteiger partial charge in [-0.2, -0.15) is 0 Å². The number of anilines is 3. The van der Waals surface area contributed by atoms with E-state index in [4.69, 9.17) is 15.0 Å². The summed E-state index contributed by atoms with van der Waals surface area (Å²) in [5.74, 6) is 1.88. The fourth-order valence-electron chi connectivity index (χ4n) is 9.06. The molecule has 5 nitrogen and oxygen atoms in total. The van der Waals surface area contributed by atoms with Gasteiger partial charge in [-0.3, -0.25) is 0 Å². The Bertz CT molecular complexity index is 3640. The van der Waals surface area contributed by atoms with Crippen LogP contribution in [-0.4, -0.2) is 19.5 Å². The van der Waals surface area contributed by atoms with Gasteiger partial charge in [-0.15, -0.1) is 0 Å². The van der Waals surface area contributed by atoms with Crippen LogP contribution < -0.4 is 4.90 Å². The minimum atomic E-state index is 0.622. The third-order valence-corrected chi connectivity index (χ3v) is 11.9. The van der Waals surface area contributed by atoms with Gasteiger partial charge in [-0.05, 0) is 99.0 Å². The molecule has 0 aliphatic carbocycles. The Morgan fingerprint density at radius 1 is 0.323 bits per heavy atom. The molecule has 62 heavy (non-hydrogen) atoms. The molecular weight excluding hydrogens is 755 g/mol. The third-order valence-electron chi connectivity index (χ3n) is 11.9. The van der Waals surface area contributed by atoms with Crippen molar-refractivity contribution in [1.82, 2.24) is 19.5 Å². The summed E-state index contributed by atoms with van der Waals surface area (Å²) < 4.78 is 2.39. The Kier molecular flexibility index (Phi) is 8.42. The molecule has 0 N–H and O–H groups in total. The summed E-state index contributed by atoms with van der Waals surface area (Å²) in [7, 11) is 0.